The number of aromatic nitrogens is 2. The SMILES string of the molecule is Cc1cc2cccc(/C(N)=N\O)n2n1. The number of nitrogens with zero attached hydrogens (tertiary/aromatic N) is 3. The highest BCUT2D eigenvalue weighted by atomic mass is 16.4. The lowest BCUT2D eigenvalue weighted by atomic mass is 10.3. The first kappa shape index (κ1) is 8.55. The molecule has 0 atom stereocenters. The first-order valence-corrected chi connectivity index (χ1v) is 4.15. The van der Waals surface area contributed by atoms with Gasteiger partial charge in [-0.25, -0.2) is 4.52 Å². The Kier molecular flexibility index (Phi) is 1.85. The topological polar surface area (TPSA) is 75.9 Å². The molecule has 0 fully saturated rings. The van der Waals surface area contributed by atoms with E-state index in [0.717, 1.165) is 11.2 Å². The van der Waals surface area contributed by atoms with Crippen LogP contribution in [0.25, 0.3) is 5.52 Å². The highest BCUT2D eigenvalue weighted by molar-refractivity contribution is 5.96. The fourth-order valence-electron chi connectivity index (χ4n) is 1.38. The molecule has 0 aliphatic carbocycles. The minimum absolute atomic E-state index is 0.0544. The van der Waals surface area contributed by atoms with Gasteiger partial charge in [-0.05, 0) is 25.1 Å². The Morgan fingerprint density at radius 3 is 3.07 bits per heavy atom. The van der Waals surface area contributed by atoms with Gasteiger partial charge < -0.3 is 10.9 Å². The van der Waals surface area contributed by atoms with E-state index in [2.05, 4.69) is 10.3 Å². The van der Waals surface area contributed by atoms with Crippen molar-refractivity contribution in [1.29, 1.82) is 0 Å². The molecule has 0 aromatic carbocycles. The van der Waals surface area contributed by atoms with Crippen LogP contribution in [0.15, 0.2) is 29.4 Å². The third kappa shape index (κ3) is 1.19. The molecule has 0 radical (unpaired) electrons. The largest absolute Gasteiger partial charge is 0.409 e. The number of nitrogens with two attached hydrogens (primary N) is 1. The van der Waals surface area contributed by atoms with Crippen LogP contribution in [-0.4, -0.2) is 20.7 Å². The monoisotopic (exact) mass is 190 g/mol. The van der Waals surface area contributed by atoms with E-state index in [9.17, 15) is 0 Å². The summed E-state index contributed by atoms with van der Waals surface area (Å²) in [7, 11) is 0. The zero-order valence-corrected chi connectivity index (χ0v) is 7.68. The van der Waals surface area contributed by atoms with Gasteiger partial charge in [0.2, 0.25) is 0 Å². The van der Waals surface area contributed by atoms with Gasteiger partial charge in [-0.3, -0.25) is 0 Å². The van der Waals surface area contributed by atoms with Gasteiger partial charge >= 0.3 is 0 Å². The molecule has 3 N–H and O–H groups in total. The maximum atomic E-state index is 8.58. The zero-order valence-electron chi connectivity index (χ0n) is 7.68. The maximum Gasteiger partial charge on any atom is 0.188 e. The molecule has 5 heteroatoms. The Morgan fingerprint density at radius 2 is 2.36 bits per heavy atom. The quantitative estimate of drug-likeness (QED) is 0.301. The van der Waals surface area contributed by atoms with Crippen LogP contribution in [0.1, 0.15) is 11.4 Å². The Labute approximate surface area is 80.5 Å². The molecule has 0 spiro atoms. The van der Waals surface area contributed by atoms with Crippen molar-refractivity contribution in [3.05, 3.63) is 35.7 Å². The summed E-state index contributed by atoms with van der Waals surface area (Å²) in [6.07, 6.45) is 0. The lowest BCUT2D eigenvalue weighted by molar-refractivity contribution is 0.318. The molecule has 0 aliphatic rings. The molecule has 0 amide bonds. The van der Waals surface area contributed by atoms with E-state index in [0.29, 0.717) is 5.69 Å². The highest BCUT2D eigenvalue weighted by Crippen LogP contribution is 2.08. The average Bonchev–Trinajstić information content (AvgIpc) is 2.56. The summed E-state index contributed by atoms with van der Waals surface area (Å²) in [5, 5.41) is 15.8. The Bertz CT molecular complexity index is 500. The van der Waals surface area contributed by atoms with Gasteiger partial charge in [-0.1, -0.05) is 11.2 Å². The molecule has 2 aromatic heterocycles. The normalized spacial score (nSPS) is 12.2. The van der Waals surface area contributed by atoms with Gasteiger partial charge in [0.15, 0.2) is 5.84 Å². The van der Waals surface area contributed by atoms with Crippen molar-refractivity contribution in [1.82, 2.24) is 9.61 Å². The van der Waals surface area contributed by atoms with Crippen LogP contribution in [0, 0.1) is 6.92 Å². The molecule has 0 saturated carbocycles. The minimum Gasteiger partial charge on any atom is -0.409 e. The first-order chi connectivity index (χ1) is 6.72. The summed E-state index contributed by atoms with van der Waals surface area (Å²) >= 11 is 0. The molecule has 0 unspecified atom stereocenters. The van der Waals surface area contributed by atoms with E-state index >= 15 is 0 Å². The Balaban J connectivity index is 2.76. The smallest absolute Gasteiger partial charge is 0.188 e. The number of hydrogen-bond donors (Lipinski definition) is 2. The molecule has 5 nitrogen and oxygen atoms in total. The number of fused-ring (bicyclic) bond motifs is 1. The molecule has 2 aromatic rings. The second-order valence-corrected chi connectivity index (χ2v) is 3.02. The molecular formula is C9H10N4O. The number of aryl methyl sites for hydroxylation is 1. The second-order valence-electron chi connectivity index (χ2n) is 3.02. The third-order valence-corrected chi connectivity index (χ3v) is 1.98. The molecule has 14 heavy (non-hydrogen) atoms. The van der Waals surface area contributed by atoms with E-state index in [-0.39, 0.29) is 5.84 Å². The summed E-state index contributed by atoms with van der Waals surface area (Å²) in [6.45, 7) is 1.89. The molecule has 2 rings (SSSR count). The van der Waals surface area contributed by atoms with Crippen molar-refractivity contribution in [2.75, 3.05) is 0 Å². The van der Waals surface area contributed by atoms with Crippen molar-refractivity contribution < 1.29 is 5.21 Å². The van der Waals surface area contributed by atoms with E-state index < -0.39 is 0 Å². The second kappa shape index (κ2) is 3.02. The van der Waals surface area contributed by atoms with Crippen LogP contribution < -0.4 is 5.73 Å². The molecular weight excluding hydrogens is 180 g/mol. The summed E-state index contributed by atoms with van der Waals surface area (Å²) in [6, 6.07) is 7.42. The first-order valence-electron chi connectivity index (χ1n) is 4.15. The van der Waals surface area contributed by atoms with Crippen LogP contribution in [0.3, 0.4) is 0 Å². The fraction of sp³-hybridized carbons (Fsp3) is 0.111. The van der Waals surface area contributed by atoms with Gasteiger partial charge in [0, 0.05) is 0 Å². The van der Waals surface area contributed by atoms with Gasteiger partial charge in [0.05, 0.1) is 11.2 Å². The van der Waals surface area contributed by atoms with Crippen LogP contribution in [0.2, 0.25) is 0 Å². The van der Waals surface area contributed by atoms with E-state index in [4.69, 9.17) is 10.9 Å². The van der Waals surface area contributed by atoms with Gasteiger partial charge in [-0.15, -0.1) is 0 Å². The van der Waals surface area contributed by atoms with Gasteiger partial charge in [0.1, 0.15) is 5.69 Å². The maximum absolute atomic E-state index is 8.58. The van der Waals surface area contributed by atoms with Gasteiger partial charge in [-0.2, -0.15) is 5.10 Å². The third-order valence-electron chi connectivity index (χ3n) is 1.98. The Hall–Kier alpha value is -2.04. The lowest BCUT2D eigenvalue weighted by Gasteiger charge is -2.01. The number of amidine groups is 1. The van der Waals surface area contributed by atoms with Crippen LogP contribution in [-0.2, 0) is 0 Å². The molecule has 2 heterocycles. The van der Waals surface area contributed by atoms with Crippen LogP contribution in [0.4, 0.5) is 0 Å². The molecule has 0 aliphatic heterocycles. The minimum atomic E-state index is 0.0544. The number of oxime groups is 1. The van der Waals surface area contributed by atoms with E-state index in [1.54, 1.807) is 10.6 Å². The highest BCUT2D eigenvalue weighted by Gasteiger charge is 2.06. The van der Waals surface area contributed by atoms with Crippen molar-refractivity contribution in [3.8, 4) is 0 Å². The number of pyridine rings is 1. The Morgan fingerprint density at radius 1 is 1.57 bits per heavy atom. The van der Waals surface area contributed by atoms with Crippen molar-refractivity contribution in [3.63, 3.8) is 0 Å². The molecule has 72 valence electrons. The van der Waals surface area contributed by atoms with Gasteiger partial charge in [0.25, 0.3) is 0 Å². The summed E-state index contributed by atoms with van der Waals surface area (Å²) in [5.74, 6) is 0.0544. The summed E-state index contributed by atoms with van der Waals surface area (Å²) in [5.41, 5.74) is 7.90. The predicted octanol–water partition coefficient (Wildman–Crippen LogP) is 0.737. The summed E-state index contributed by atoms with van der Waals surface area (Å²) < 4.78 is 1.64. The fourth-order valence-corrected chi connectivity index (χ4v) is 1.38. The van der Waals surface area contributed by atoms with Crippen molar-refractivity contribution in [2.24, 2.45) is 10.9 Å². The number of hydrogen-bond acceptors (Lipinski definition) is 3. The van der Waals surface area contributed by atoms with E-state index in [1.165, 1.54) is 0 Å². The predicted molar refractivity (Wildman–Crippen MR) is 52.4 cm³/mol. The standard InChI is InChI=1S/C9H10N4O/c1-6-5-7-3-2-4-8(9(10)12-14)13(7)11-6/h2-5,14H,1H3,(H2,10,12). The average molecular weight is 190 g/mol. The zero-order chi connectivity index (χ0) is 10.1. The van der Waals surface area contributed by atoms with Crippen molar-refractivity contribution >= 4 is 11.4 Å². The van der Waals surface area contributed by atoms with Crippen LogP contribution >= 0.6 is 0 Å². The molecule has 0 saturated heterocycles. The number of rotatable bonds is 1. The molecule has 0 bridgehead atoms. The summed E-state index contributed by atoms with van der Waals surface area (Å²) in [4.78, 5) is 0. The van der Waals surface area contributed by atoms with Crippen LogP contribution in [0.5, 0.6) is 0 Å². The lowest BCUT2D eigenvalue weighted by Crippen LogP contribution is -2.17. The van der Waals surface area contributed by atoms with Crippen molar-refractivity contribution in [2.45, 2.75) is 6.92 Å². The van der Waals surface area contributed by atoms with E-state index in [1.807, 2.05) is 25.1 Å².